The molecule has 8 heteroatoms. The molecular weight excluding hydrogens is 575 g/mol. The Kier molecular flexibility index (Phi) is 5.61. The van der Waals surface area contributed by atoms with Gasteiger partial charge in [-0.2, -0.15) is 0 Å². The minimum Gasteiger partial charge on any atom is -0.326 e. The van der Waals surface area contributed by atoms with Crippen LogP contribution in [-0.2, 0) is 24.1 Å². The summed E-state index contributed by atoms with van der Waals surface area (Å²) >= 11 is 18.3. The number of nitrogens with one attached hydrogen (secondary N) is 1. The summed E-state index contributed by atoms with van der Waals surface area (Å²) in [6.45, 7) is 3.85. The summed E-state index contributed by atoms with van der Waals surface area (Å²) in [4.78, 5) is 39.3. The number of imide groups is 1. The van der Waals surface area contributed by atoms with E-state index in [4.69, 9.17) is 23.2 Å². The van der Waals surface area contributed by atoms with Gasteiger partial charge in [-0.05, 0) is 59.4 Å². The lowest BCUT2D eigenvalue weighted by Gasteiger charge is -2.54. The first-order chi connectivity index (χ1) is 17.6. The first kappa shape index (κ1) is 24.7. The molecule has 1 fully saturated rings. The van der Waals surface area contributed by atoms with Crippen LogP contribution < -0.4 is 5.32 Å². The average molecular weight is 598 g/mol. The van der Waals surface area contributed by atoms with E-state index in [1.165, 1.54) is 4.90 Å². The molecule has 4 aliphatic rings. The third-order valence-electron chi connectivity index (χ3n) is 8.23. The molecule has 0 saturated carbocycles. The molecule has 0 spiro atoms. The van der Waals surface area contributed by atoms with Crippen LogP contribution in [-0.4, -0.2) is 29.2 Å². The van der Waals surface area contributed by atoms with Gasteiger partial charge in [-0.15, -0.1) is 23.2 Å². The number of hydrogen-bond donors (Lipinski definition) is 1. The van der Waals surface area contributed by atoms with Crippen molar-refractivity contribution in [2.75, 3.05) is 11.9 Å². The van der Waals surface area contributed by atoms with E-state index in [-0.39, 0.29) is 30.7 Å². The maximum Gasteiger partial charge on any atom is 0.235 e. The number of alkyl halides is 2. The fraction of sp³-hybridized carbons (Fsp3) is 0.276. The molecule has 0 unspecified atom stereocenters. The first-order valence-corrected chi connectivity index (χ1v) is 13.6. The Morgan fingerprint density at radius 2 is 1.30 bits per heavy atom. The molecule has 3 aromatic rings. The largest absolute Gasteiger partial charge is 0.326 e. The quantitative estimate of drug-likeness (QED) is 0.297. The van der Waals surface area contributed by atoms with Crippen molar-refractivity contribution in [2.45, 2.75) is 30.0 Å². The summed E-state index contributed by atoms with van der Waals surface area (Å²) in [5, 5.41) is 2.91. The van der Waals surface area contributed by atoms with Crippen LogP contribution in [0, 0.1) is 25.7 Å². The smallest absolute Gasteiger partial charge is 0.235 e. The number of carbonyl (C=O) groups excluding carboxylic acids is 3. The van der Waals surface area contributed by atoms with Crippen LogP contribution in [0.15, 0.2) is 65.1 Å². The molecular formula is C29H23BrCl2N2O3. The van der Waals surface area contributed by atoms with Crippen LogP contribution >= 0.6 is 39.1 Å². The number of anilines is 1. The lowest BCUT2D eigenvalue weighted by atomic mass is 9.54. The summed E-state index contributed by atoms with van der Waals surface area (Å²) in [6, 6.07) is 18.8. The van der Waals surface area contributed by atoms with E-state index in [1.54, 1.807) is 0 Å². The number of carbonyl (C=O) groups is 3. The van der Waals surface area contributed by atoms with Crippen molar-refractivity contribution in [3.05, 3.63) is 98.5 Å². The lowest BCUT2D eigenvalue weighted by Crippen LogP contribution is -2.57. The number of nitrogens with zero attached hydrogens (tertiary/aromatic N) is 1. The van der Waals surface area contributed by atoms with Crippen LogP contribution in [0.2, 0.25) is 0 Å². The Balaban J connectivity index is 1.32. The Morgan fingerprint density at radius 3 is 1.76 bits per heavy atom. The van der Waals surface area contributed by atoms with Gasteiger partial charge in [0.05, 0.1) is 11.8 Å². The number of amides is 3. The second-order valence-electron chi connectivity index (χ2n) is 9.94. The number of benzene rings is 3. The molecule has 1 heterocycles. The van der Waals surface area contributed by atoms with Gasteiger partial charge in [-0.25, -0.2) is 0 Å². The molecule has 3 aliphatic carbocycles. The molecule has 2 atom stereocenters. The molecule has 0 aromatic heterocycles. The van der Waals surface area contributed by atoms with Crippen LogP contribution in [0.3, 0.4) is 0 Å². The molecule has 1 aliphatic heterocycles. The van der Waals surface area contributed by atoms with Crippen molar-refractivity contribution >= 4 is 62.5 Å². The molecule has 37 heavy (non-hydrogen) atoms. The monoisotopic (exact) mass is 596 g/mol. The molecule has 3 aromatic carbocycles. The highest BCUT2D eigenvalue weighted by atomic mass is 79.9. The fourth-order valence-corrected chi connectivity index (χ4v) is 7.82. The zero-order valence-corrected chi connectivity index (χ0v) is 23.2. The first-order valence-electron chi connectivity index (χ1n) is 12.1. The molecule has 5 nitrogen and oxygen atoms in total. The number of rotatable bonds is 4. The van der Waals surface area contributed by atoms with Gasteiger partial charge in [-0.1, -0.05) is 64.5 Å². The topological polar surface area (TPSA) is 66.5 Å². The van der Waals surface area contributed by atoms with Crippen molar-refractivity contribution in [1.82, 2.24) is 4.90 Å². The Labute approximate surface area is 233 Å². The van der Waals surface area contributed by atoms with Crippen molar-refractivity contribution in [2.24, 2.45) is 11.8 Å². The van der Waals surface area contributed by atoms with Crippen LogP contribution in [0.25, 0.3) is 0 Å². The molecule has 1 N–H and O–H groups in total. The van der Waals surface area contributed by atoms with Gasteiger partial charge in [0.1, 0.15) is 9.75 Å². The van der Waals surface area contributed by atoms with E-state index < -0.39 is 21.6 Å². The van der Waals surface area contributed by atoms with Crippen LogP contribution in [0.1, 0.15) is 39.8 Å². The summed E-state index contributed by atoms with van der Waals surface area (Å²) < 4.78 is 0.959. The molecule has 7 rings (SSSR count). The minimum absolute atomic E-state index is 0.0318. The van der Waals surface area contributed by atoms with Gasteiger partial charge >= 0.3 is 0 Å². The van der Waals surface area contributed by atoms with E-state index in [0.717, 1.165) is 37.9 Å². The van der Waals surface area contributed by atoms with Gasteiger partial charge in [0.15, 0.2) is 0 Å². The summed E-state index contributed by atoms with van der Waals surface area (Å²) in [5.74, 6) is -2.77. The maximum absolute atomic E-state index is 13.8. The van der Waals surface area contributed by atoms with Crippen LogP contribution in [0.4, 0.5) is 5.69 Å². The Morgan fingerprint density at radius 1 is 0.838 bits per heavy atom. The SMILES string of the molecule is Cc1c(Br)ccc(NC(=O)CCN2C(=O)[C@H]3[C@H](C2=O)C2(Cl)c4ccccc4C3(Cl)c3ccccc32)c1C. The molecule has 188 valence electrons. The predicted octanol–water partition coefficient (Wildman–Crippen LogP) is 5.99. The van der Waals surface area contributed by atoms with Gasteiger partial charge in [0.2, 0.25) is 17.7 Å². The highest BCUT2D eigenvalue weighted by Crippen LogP contribution is 2.69. The Bertz CT molecular complexity index is 1400. The summed E-state index contributed by atoms with van der Waals surface area (Å²) in [7, 11) is 0. The normalized spacial score (nSPS) is 27.1. The van der Waals surface area contributed by atoms with Crippen molar-refractivity contribution in [3.63, 3.8) is 0 Å². The van der Waals surface area contributed by atoms with Gasteiger partial charge in [-0.3, -0.25) is 19.3 Å². The van der Waals surface area contributed by atoms with Gasteiger partial charge in [0.25, 0.3) is 0 Å². The molecule has 1 saturated heterocycles. The third kappa shape index (κ3) is 3.19. The zero-order valence-electron chi connectivity index (χ0n) is 20.1. The third-order valence-corrected chi connectivity index (χ3v) is 10.4. The van der Waals surface area contributed by atoms with E-state index in [1.807, 2.05) is 74.5 Å². The maximum atomic E-state index is 13.8. The highest BCUT2D eigenvalue weighted by Gasteiger charge is 2.72. The molecule has 2 bridgehead atoms. The van der Waals surface area contributed by atoms with Gasteiger partial charge in [0, 0.05) is 23.1 Å². The number of halogens is 3. The second kappa shape index (κ2) is 8.42. The predicted molar refractivity (Wildman–Crippen MR) is 147 cm³/mol. The fourth-order valence-electron chi connectivity index (χ4n) is 6.29. The van der Waals surface area contributed by atoms with E-state index in [2.05, 4.69) is 21.2 Å². The average Bonchev–Trinajstić information content (AvgIpc) is 3.16. The highest BCUT2D eigenvalue weighted by molar-refractivity contribution is 9.10. The zero-order chi connectivity index (χ0) is 26.3. The second-order valence-corrected chi connectivity index (χ2v) is 12.0. The van der Waals surface area contributed by atoms with Crippen LogP contribution in [0.5, 0.6) is 0 Å². The number of likely N-dealkylation sites (tertiary alicyclic amines) is 1. The van der Waals surface area contributed by atoms with Crippen molar-refractivity contribution in [3.8, 4) is 0 Å². The molecule has 0 radical (unpaired) electrons. The van der Waals surface area contributed by atoms with Crippen molar-refractivity contribution < 1.29 is 14.4 Å². The molecule has 3 amide bonds. The van der Waals surface area contributed by atoms with E-state index >= 15 is 0 Å². The Hall–Kier alpha value is -2.67. The summed E-state index contributed by atoms with van der Waals surface area (Å²) in [6.07, 6.45) is -0.0318. The lowest BCUT2D eigenvalue weighted by molar-refractivity contribution is -0.140. The minimum atomic E-state index is -1.22. The van der Waals surface area contributed by atoms with E-state index in [0.29, 0.717) is 5.69 Å². The van der Waals surface area contributed by atoms with E-state index in [9.17, 15) is 14.4 Å². The summed E-state index contributed by atoms with van der Waals surface area (Å²) in [5.41, 5.74) is 5.70. The standard InChI is InChI=1S/C29H23BrCl2N2O3/c1-15-16(2)22(12-11-21(15)30)33-23(35)13-14-34-26(36)24-25(27(34)37)29(32)18-8-4-3-7-17(18)28(24,31)19-9-5-6-10-20(19)29/h3-12,24-25H,13-14H2,1-2H3,(H,33,35)/t24-,25-,28?,29?/m1/s1. The van der Waals surface area contributed by atoms with Crippen molar-refractivity contribution in [1.29, 1.82) is 0 Å². The number of hydrogen-bond acceptors (Lipinski definition) is 3. The van der Waals surface area contributed by atoms with Gasteiger partial charge < -0.3 is 5.32 Å².